The molecule has 1 aliphatic heterocycles. The van der Waals surface area contributed by atoms with E-state index in [2.05, 4.69) is 0 Å². The van der Waals surface area contributed by atoms with E-state index in [9.17, 15) is 9.59 Å². The fraction of sp³-hybridized carbons (Fsp3) is 0.462. The normalized spacial score (nSPS) is 21.3. The van der Waals surface area contributed by atoms with Gasteiger partial charge in [0.1, 0.15) is 12.4 Å². The van der Waals surface area contributed by atoms with Gasteiger partial charge < -0.3 is 14.2 Å². The Morgan fingerprint density at radius 1 is 1.03 bits per heavy atom. The number of ether oxygens (including phenoxy) is 3. The first kappa shape index (κ1) is 22.2. The fourth-order valence-corrected chi connectivity index (χ4v) is 4.76. The molecule has 2 aromatic rings. The number of hydrogen-bond acceptors (Lipinski definition) is 5. The van der Waals surface area contributed by atoms with Crippen LogP contribution in [-0.4, -0.2) is 37.9 Å². The van der Waals surface area contributed by atoms with Crippen molar-refractivity contribution in [3.05, 3.63) is 60.2 Å². The molecule has 4 rings (SSSR count). The summed E-state index contributed by atoms with van der Waals surface area (Å²) in [6.07, 6.45) is 6.25. The molecule has 0 spiro atoms. The van der Waals surface area contributed by atoms with Crippen LogP contribution in [0.3, 0.4) is 0 Å². The van der Waals surface area contributed by atoms with Crippen molar-refractivity contribution in [3.8, 4) is 5.75 Å². The molecule has 170 valence electrons. The van der Waals surface area contributed by atoms with E-state index >= 15 is 0 Å². The number of carbonyl (C=O) groups excluding carboxylic acids is 2. The molecule has 6 heteroatoms. The highest BCUT2D eigenvalue weighted by Crippen LogP contribution is 2.36. The predicted molar refractivity (Wildman–Crippen MR) is 122 cm³/mol. The molecule has 1 aliphatic carbocycles. The Bertz CT molecular complexity index is 892. The van der Waals surface area contributed by atoms with E-state index < -0.39 is 6.10 Å². The van der Waals surface area contributed by atoms with Gasteiger partial charge in [0.15, 0.2) is 6.10 Å². The van der Waals surface area contributed by atoms with Gasteiger partial charge in [-0.1, -0.05) is 62.4 Å². The maximum absolute atomic E-state index is 12.9. The van der Waals surface area contributed by atoms with Gasteiger partial charge in [-0.15, -0.1) is 0 Å². The molecule has 0 bridgehead atoms. The maximum Gasteiger partial charge on any atom is 0.415 e. The highest BCUT2D eigenvalue weighted by atomic mass is 16.6. The highest BCUT2D eigenvalue weighted by Gasteiger charge is 2.44. The predicted octanol–water partition coefficient (Wildman–Crippen LogP) is 5.15. The Balaban J connectivity index is 1.46. The minimum Gasteiger partial charge on any atom is -0.497 e. The Morgan fingerprint density at radius 3 is 2.44 bits per heavy atom. The van der Waals surface area contributed by atoms with Gasteiger partial charge in [0, 0.05) is 5.69 Å². The van der Waals surface area contributed by atoms with Crippen molar-refractivity contribution in [1.82, 2.24) is 0 Å². The van der Waals surface area contributed by atoms with Gasteiger partial charge in [0.25, 0.3) is 0 Å². The number of amides is 1. The summed E-state index contributed by atoms with van der Waals surface area (Å²) in [5, 5.41) is 0. The largest absolute Gasteiger partial charge is 0.497 e. The second-order valence-corrected chi connectivity index (χ2v) is 8.64. The van der Waals surface area contributed by atoms with Gasteiger partial charge >= 0.3 is 12.1 Å². The summed E-state index contributed by atoms with van der Waals surface area (Å²) >= 11 is 0. The molecule has 1 heterocycles. The van der Waals surface area contributed by atoms with Crippen LogP contribution in [0.25, 0.3) is 0 Å². The second kappa shape index (κ2) is 10.5. The van der Waals surface area contributed by atoms with E-state index in [1.54, 1.807) is 12.0 Å². The van der Waals surface area contributed by atoms with Crippen LogP contribution in [0.4, 0.5) is 10.5 Å². The number of rotatable bonds is 8. The topological polar surface area (TPSA) is 65.1 Å². The zero-order valence-electron chi connectivity index (χ0n) is 18.6. The number of carbonyl (C=O) groups is 2. The van der Waals surface area contributed by atoms with Crippen LogP contribution in [0.15, 0.2) is 54.6 Å². The minimum atomic E-state index is -0.480. The van der Waals surface area contributed by atoms with Gasteiger partial charge in [-0.25, -0.2) is 4.79 Å². The minimum absolute atomic E-state index is 0.0709. The summed E-state index contributed by atoms with van der Waals surface area (Å²) in [7, 11) is 1.62. The average Bonchev–Trinajstić information content (AvgIpc) is 3.13. The molecule has 2 aromatic carbocycles. The first-order valence-electron chi connectivity index (χ1n) is 11.5. The van der Waals surface area contributed by atoms with Crippen LogP contribution in [0.2, 0.25) is 0 Å². The monoisotopic (exact) mass is 437 g/mol. The Morgan fingerprint density at radius 2 is 1.75 bits per heavy atom. The lowest BCUT2D eigenvalue weighted by atomic mass is 9.83. The second-order valence-electron chi connectivity index (χ2n) is 8.64. The van der Waals surface area contributed by atoms with Gasteiger partial charge in [0.2, 0.25) is 0 Å². The van der Waals surface area contributed by atoms with Crippen LogP contribution in [0, 0.1) is 5.92 Å². The maximum atomic E-state index is 12.9. The van der Waals surface area contributed by atoms with E-state index in [0.29, 0.717) is 5.92 Å². The molecule has 2 aliphatic rings. The third-order valence-electron chi connectivity index (χ3n) is 6.46. The summed E-state index contributed by atoms with van der Waals surface area (Å²) in [4.78, 5) is 27.0. The Kier molecular flexibility index (Phi) is 7.30. The number of methoxy groups -OCH3 is 1. The van der Waals surface area contributed by atoms with Crippen LogP contribution < -0.4 is 9.64 Å². The molecule has 2 fully saturated rings. The number of nitrogens with zero attached hydrogens (tertiary/aromatic N) is 1. The lowest BCUT2D eigenvalue weighted by Gasteiger charge is -2.30. The van der Waals surface area contributed by atoms with Crippen molar-refractivity contribution in [2.45, 2.75) is 57.1 Å². The summed E-state index contributed by atoms with van der Waals surface area (Å²) in [6, 6.07) is 16.8. The van der Waals surface area contributed by atoms with Gasteiger partial charge in [-0.2, -0.15) is 0 Å². The first-order valence-corrected chi connectivity index (χ1v) is 11.5. The van der Waals surface area contributed by atoms with E-state index in [0.717, 1.165) is 23.4 Å². The number of benzene rings is 2. The molecule has 2 atom stereocenters. The van der Waals surface area contributed by atoms with Crippen LogP contribution >= 0.6 is 0 Å². The van der Waals surface area contributed by atoms with Gasteiger partial charge in [0.05, 0.1) is 19.6 Å². The molecule has 6 nitrogen and oxygen atoms in total. The van der Waals surface area contributed by atoms with Crippen LogP contribution in [-0.2, 0) is 20.7 Å². The van der Waals surface area contributed by atoms with Gasteiger partial charge in [-0.05, 0) is 42.2 Å². The summed E-state index contributed by atoms with van der Waals surface area (Å²) in [5.41, 5.74) is 1.68. The molecule has 0 radical (unpaired) electrons. The summed E-state index contributed by atoms with van der Waals surface area (Å²) in [6.45, 7) is 0.0709. The highest BCUT2D eigenvalue weighted by molar-refractivity contribution is 5.90. The molecule has 1 amide bonds. The third-order valence-corrected chi connectivity index (χ3v) is 6.46. The average molecular weight is 438 g/mol. The number of anilines is 1. The van der Waals surface area contributed by atoms with E-state index in [1.165, 1.54) is 32.1 Å². The molecular formula is C26H31NO5. The van der Waals surface area contributed by atoms with Crippen molar-refractivity contribution >= 4 is 17.7 Å². The quantitative estimate of drug-likeness (QED) is 0.535. The fourth-order valence-electron chi connectivity index (χ4n) is 4.76. The smallest absolute Gasteiger partial charge is 0.415 e. The number of esters is 1. The van der Waals surface area contributed by atoms with Crippen LogP contribution in [0.5, 0.6) is 5.75 Å². The molecular weight excluding hydrogens is 406 g/mol. The SMILES string of the molecule is COc1ccc(N2C(=O)O[C@H](COC(=O)Cc3ccccc3)[C@H]2CC2CCCCC2)cc1. The lowest BCUT2D eigenvalue weighted by Crippen LogP contribution is -2.40. The molecule has 0 unspecified atom stereocenters. The molecule has 1 saturated heterocycles. The zero-order valence-corrected chi connectivity index (χ0v) is 18.6. The van der Waals surface area contributed by atoms with Crippen molar-refractivity contribution in [1.29, 1.82) is 0 Å². The summed E-state index contributed by atoms with van der Waals surface area (Å²) < 4.78 is 16.5. The Hall–Kier alpha value is -3.02. The molecule has 32 heavy (non-hydrogen) atoms. The number of hydrogen-bond donors (Lipinski definition) is 0. The van der Waals surface area contributed by atoms with Gasteiger partial charge in [-0.3, -0.25) is 9.69 Å². The van der Waals surface area contributed by atoms with Crippen LogP contribution in [0.1, 0.15) is 44.1 Å². The van der Waals surface area contributed by atoms with E-state index in [-0.39, 0.29) is 31.1 Å². The van der Waals surface area contributed by atoms with Crippen molar-refractivity contribution in [2.75, 3.05) is 18.6 Å². The lowest BCUT2D eigenvalue weighted by molar-refractivity contribution is -0.145. The summed E-state index contributed by atoms with van der Waals surface area (Å²) in [5.74, 6) is 0.967. The zero-order chi connectivity index (χ0) is 22.3. The molecule has 1 saturated carbocycles. The molecule has 0 aromatic heterocycles. The van der Waals surface area contributed by atoms with Crippen molar-refractivity contribution in [3.63, 3.8) is 0 Å². The van der Waals surface area contributed by atoms with E-state index in [4.69, 9.17) is 14.2 Å². The van der Waals surface area contributed by atoms with E-state index in [1.807, 2.05) is 54.6 Å². The first-order chi connectivity index (χ1) is 15.6. The van der Waals surface area contributed by atoms with Crippen molar-refractivity contribution < 1.29 is 23.8 Å². The number of cyclic esters (lactones) is 1. The standard InChI is InChI=1S/C26H31NO5/c1-30-22-14-12-21(13-15-22)27-23(16-19-8-4-2-5-9-19)24(32-26(27)29)18-31-25(28)17-20-10-6-3-7-11-20/h3,6-7,10-15,19,23-24H,2,4-5,8-9,16-18H2,1H3/t23-,24-/m1/s1. The molecule has 0 N–H and O–H groups in total. The third kappa shape index (κ3) is 5.42. The Labute approximate surface area is 189 Å². The van der Waals surface area contributed by atoms with Crippen molar-refractivity contribution in [2.24, 2.45) is 5.92 Å².